The van der Waals surface area contributed by atoms with Crippen molar-refractivity contribution in [3.05, 3.63) is 53.4 Å². The first kappa shape index (κ1) is 20.6. The van der Waals surface area contributed by atoms with Crippen LogP contribution in [0.4, 0.5) is 0 Å². The average Bonchev–Trinajstić information content (AvgIpc) is 3.14. The van der Waals surface area contributed by atoms with E-state index in [1.54, 1.807) is 0 Å². The van der Waals surface area contributed by atoms with E-state index in [9.17, 15) is 9.59 Å². The second-order valence-corrected chi connectivity index (χ2v) is 7.92. The normalized spacial score (nSPS) is 20.5. The highest BCUT2D eigenvalue weighted by Gasteiger charge is 2.38. The third kappa shape index (κ3) is 4.47. The summed E-state index contributed by atoms with van der Waals surface area (Å²) in [7, 11) is 0. The standard InChI is InChI=1S/C21H27N5O3/c1-13(2)21(4)11-18(27)26(20(22)24-21)12-16-10-17(25-29-16)19(28)23-14(3)15-8-6-5-7-9-15/h5-10,13-14H,11-12H2,1-4H3,(H2,22,24)(H,23,28)/t14-,21-/m0/s1. The fraction of sp³-hybridized carbons (Fsp3) is 0.429. The molecule has 2 aromatic rings. The molecule has 0 fully saturated rings. The summed E-state index contributed by atoms with van der Waals surface area (Å²) < 4.78 is 5.26. The van der Waals surface area contributed by atoms with Crippen LogP contribution >= 0.6 is 0 Å². The van der Waals surface area contributed by atoms with E-state index in [0.717, 1.165) is 5.56 Å². The van der Waals surface area contributed by atoms with Gasteiger partial charge in [-0.05, 0) is 25.3 Å². The first-order chi connectivity index (χ1) is 13.7. The van der Waals surface area contributed by atoms with Gasteiger partial charge in [0.2, 0.25) is 5.91 Å². The van der Waals surface area contributed by atoms with E-state index < -0.39 is 5.54 Å². The Labute approximate surface area is 170 Å². The van der Waals surface area contributed by atoms with E-state index in [-0.39, 0.29) is 48.4 Å². The fourth-order valence-electron chi connectivity index (χ4n) is 3.14. The molecule has 0 unspecified atom stereocenters. The van der Waals surface area contributed by atoms with Crippen LogP contribution in [0.25, 0.3) is 0 Å². The Morgan fingerprint density at radius 1 is 1.31 bits per heavy atom. The molecule has 1 aliphatic rings. The van der Waals surface area contributed by atoms with Crippen LogP contribution in [0, 0.1) is 5.92 Å². The molecule has 0 bridgehead atoms. The van der Waals surface area contributed by atoms with Gasteiger partial charge in [0.05, 0.1) is 24.5 Å². The molecule has 1 aromatic heterocycles. The van der Waals surface area contributed by atoms with E-state index in [1.165, 1.54) is 11.0 Å². The number of nitrogens with two attached hydrogens (primary N) is 1. The maximum Gasteiger partial charge on any atom is 0.273 e. The molecule has 0 aliphatic carbocycles. The molecule has 154 valence electrons. The summed E-state index contributed by atoms with van der Waals surface area (Å²) in [5.74, 6) is 0.211. The number of aromatic nitrogens is 1. The highest BCUT2D eigenvalue weighted by molar-refractivity contribution is 5.99. The Bertz CT molecular complexity index is 921. The molecule has 2 atom stereocenters. The third-order valence-electron chi connectivity index (χ3n) is 5.45. The van der Waals surface area contributed by atoms with Gasteiger partial charge >= 0.3 is 0 Å². The number of hydrogen-bond donors (Lipinski definition) is 2. The molecule has 1 aromatic carbocycles. The number of hydrogen-bond acceptors (Lipinski definition) is 6. The highest BCUT2D eigenvalue weighted by Crippen LogP contribution is 2.30. The highest BCUT2D eigenvalue weighted by atomic mass is 16.5. The van der Waals surface area contributed by atoms with Gasteiger partial charge in [0.15, 0.2) is 17.4 Å². The van der Waals surface area contributed by atoms with E-state index in [2.05, 4.69) is 15.5 Å². The van der Waals surface area contributed by atoms with Gasteiger partial charge in [-0.15, -0.1) is 0 Å². The van der Waals surface area contributed by atoms with Gasteiger partial charge in [-0.2, -0.15) is 0 Å². The third-order valence-corrected chi connectivity index (χ3v) is 5.45. The lowest BCUT2D eigenvalue weighted by Crippen LogP contribution is -2.51. The minimum atomic E-state index is -0.516. The lowest BCUT2D eigenvalue weighted by atomic mass is 9.84. The second-order valence-electron chi connectivity index (χ2n) is 7.92. The lowest BCUT2D eigenvalue weighted by Gasteiger charge is -2.37. The van der Waals surface area contributed by atoms with Crippen LogP contribution < -0.4 is 11.1 Å². The van der Waals surface area contributed by atoms with E-state index in [1.807, 2.05) is 58.0 Å². The van der Waals surface area contributed by atoms with Crippen molar-refractivity contribution < 1.29 is 14.1 Å². The Morgan fingerprint density at radius 2 is 2.00 bits per heavy atom. The summed E-state index contributed by atoms with van der Waals surface area (Å²) >= 11 is 0. The van der Waals surface area contributed by atoms with Crippen molar-refractivity contribution in [3.8, 4) is 0 Å². The summed E-state index contributed by atoms with van der Waals surface area (Å²) in [6.45, 7) is 7.92. The first-order valence-corrected chi connectivity index (χ1v) is 9.66. The Morgan fingerprint density at radius 3 is 2.62 bits per heavy atom. The number of aliphatic imine (C=N–C) groups is 1. The quantitative estimate of drug-likeness (QED) is 0.778. The minimum Gasteiger partial charge on any atom is -0.369 e. The predicted octanol–water partition coefficient (Wildman–Crippen LogP) is 2.63. The molecule has 0 radical (unpaired) electrons. The zero-order valence-electron chi connectivity index (χ0n) is 17.2. The van der Waals surface area contributed by atoms with Crippen molar-refractivity contribution in [2.45, 2.75) is 52.2 Å². The molecule has 0 saturated carbocycles. The number of carbonyl (C=O) groups is 2. The van der Waals surface area contributed by atoms with Gasteiger partial charge in [-0.3, -0.25) is 14.5 Å². The molecule has 0 saturated heterocycles. The molecule has 29 heavy (non-hydrogen) atoms. The Kier molecular flexibility index (Phi) is 5.72. The minimum absolute atomic E-state index is 0.0802. The van der Waals surface area contributed by atoms with Gasteiger partial charge in [-0.1, -0.05) is 49.3 Å². The fourth-order valence-corrected chi connectivity index (χ4v) is 3.14. The second kappa shape index (κ2) is 8.06. The van der Waals surface area contributed by atoms with Gasteiger partial charge < -0.3 is 15.6 Å². The van der Waals surface area contributed by atoms with Crippen LogP contribution in [0.15, 0.2) is 45.9 Å². The van der Waals surface area contributed by atoms with Gasteiger partial charge in [0, 0.05) is 6.07 Å². The van der Waals surface area contributed by atoms with Gasteiger partial charge in [0.25, 0.3) is 5.91 Å². The maximum atomic E-state index is 12.6. The molecule has 2 amide bonds. The molecular formula is C21H27N5O3. The topological polar surface area (TPSA) is 114 Å². The number of rotatable bonds is 6. The summed E-state index contributed by atoms with van der Waals surface area (Å²) in [5, 5.41) is 6.71. The largest absolute Gasteiger partial charge is 0.369 e. The first-order valence-electron chi connectivity index (χ1n) is 9.66. The molecular weight excluding hydrogens is 370 g/mol. The zero-order chi connectivity index (χ0) is 21.2. The smallest absolute Gasteiger partial charge is 0.273 e. The predicted molar refractivity (Wildman–Crippen MR) is 109 cm³/mol. The van der Waals surface area contributed by atoms with Crippen molar-refractivity contribution in [1.82, 2.24) is 15.4 Å². The molecule has 8 nitrogen and oxygen atoms in total. The summed E-state index contributed by atoms with van der Waals surface area (Å²) in [5.41, 5.74) is 6.66. The van der Waals surface area contributed by atoms with E-state index in [4.69, 9.17) is 10.3 Å². The SMILES string of the molecule is CC(C)[C@]1(C)CC(=O)N(Cc2cc(C(=O)N[C@@H](C)c3ccccc3)no2)C(N)=N1. The van der Waals surface area contributed by atoms with Crippen molar-refractivity contribution in [2.75, 3.05) is 0 Å². The van der Waals surface area contributed by atoms with E-state index in [0.29, 0.717) is 5.76 Å². The molecule has 3 rings (SSSR count). The van der Waals surface area contributed by atoms with Gasteiger partial charge in [0.1, 0.15) is 0 Å². The van der Waals surface area contributed by atoms with Crippen LogP contribution in [0.2, 0.25) is 0 Å². The van der Waals surface area contributed by atoms with Crippen LogP contribution in [-0.2, 0) is 11.3 Å². The number of benzene rings is 1. The van der Waals surface area contributed by atoms with Crippen molar-refractivity contribution in [1.29, 1.82) is 0 Å². The summed E-state index contributed by atoms with van der Waals surface area (Å²) in [6, 6.07) is 11.0. The molecule has 2 heterocycles. The van der Waals surface area contributed by atoms with Crippen LogP contribution in [0.3, 0.4) is 0 Å². The summed E-state index contributed by atoms with van der Waals surface area (Å²) in [6.07, 6.45) is 0.265. The number of nitrogens with one attached hydrogen (secondary N) is 1. The van der Waals surface area contributed by atoms with Crippen molar-refractivity contribution in [3.63, 3.8) is 0 Å². The van der Waals surface area contributed by atoms with Crippen LogP contribution in [0.1, 0.15) is 62.0 Å². The zero-order valence-corrected chi connectivity index (χ0v) is 17.2. The maximum absolute atomic E-state index is 12.6. The average molecular weight is 397 g/mol. The monoisotopic (exact) mass is 397 g/mol. The van der Waals surface area contributed by atoms with Gasteiger partial charge in [-0.25, -0.2) is 4.99 Å². The van der Waals surface area contributed by atoms with Crippen LogP contribution in [0.5, 0.6) is 0 Å². The van der Waals surface area contributed by atoms with E-state index >= 15 is 0 Å². The van der Waals surface area contributed by atoms with Crippen molar-refractivity contribution in [2.24, 2.45) is 16.6 Å². The lowest BCUT2D eigenvalue weighted by molar-refractivity contribution is -0.130. The van der Waals surface area contributed by atoms with Crippen LogP contribution in [-0.4, -0.2) is 33.4 Å². The van der Waals surface area contributed by atoms with Crippen molar-refractivity contribution >= 4 is 17.8 Å². The molecule has 8 heteroatoms. The molecule has 3 N–H and O–H groups in total. The number of nitrogens with zero attached hydrogens (tertiary/aromatic N) is 3. The number of amides is 2. The Balaban J connectivity index is 1.67. The molecule has 0 spiro atoms. The summed E-state index contributed by atoms with van der Waals surface area (Å²) in [4.78, 5) is 30.9. The number of guanidine groups is 1. The number of carbonyl (C=O) groups excluding carboxylic acids is 2. The Hall–Kier alpha value is -3.16. The molecule has 1 aliphatic heterocycles.